The smallest absolute Gasteiger partial charge is 0.251 e. The monoisotopic (exact) mass is 311 g/mol. The van der Waals surface area contributed by atoms with Crippen molar-refractivity contribution >= 4 is 5.91 Å². The first-order valence-corrected chi connectivity index (χ1v) is 8.13. The van der Waals surface area contributed by atoms with E-state index >= 15 is 4.39 Å². The zero-order valence-corrected chi connectivity index (χ0v) is 13.6. The van der Waals surface area contributed by atoms with Crippen LogP contribution in [0.1, 0.15) is 47.7 Å². The van der Waals surface area contributed by atoms with E-state index in [1.807, 2.05) is 44.2 Å². The Morgan fingerprint density at radius 1 is 1.17 bits per heavy atom. The van der Waals surface area contributed by atoms with Crippen molar-refractivity contribution in [1.82, 2.24) is 5.32 Å². The first-order chi connectivity index (χ1) is 11.0. The van der Waals surface area contributed by atoms with Gasteiger partial charge in [0.25, 0.3) is 5.91 Å². The number of carbonyl (C=O) groups is 1. The molecule has 0 bridgehead atoms. The van der Waals surface area contributed by atoms with Crippen molar-refractivity contribution in [3.8, 4) is 0 Å². The average Bonchev–Trinajstić information content (AvgIpc) is 3.27. The Balaban J connectivity index is 1.70. The Morgan fingerprint density at radius 3 is 2.43 bits per heavy atom. The fourth-order valence-corrected chi connectivity index (χ4v) is 2.92. The number of nitrogens with one attached hydrogen (secondary N) is 1. The third kappa shape index (κ3) is 3.29. The number of benzene rings is 2. The molecule has 0 radical (unpaired) electrons. The maximum Gasteiger partial charge on any atom is 0.251 e. The van der Waals surface area contributed by atoms with Gasteiger partial charge in [-0.05, 0) is 35.6 Å². The Morgan fingerprint density at radius 2 is 1.83 bits per heavy atom. The van der Waals surface area contributed by atoms with Crippen LogP contribution in [0.5, 0.6) is 0 Å². The molecule has 120 valence electrons. The number of hydrogen-bond donors (Lipinski definition) is 1. The van der Waals surface area contributed by atoms with Crippen LogP contribution in [0.15, 0.2) is 54.6 Å². The standard InChI is InChI=1S/C20H22FNO/c1-14(2)13-22-19(23)16-8-10-17(11-9-16)20(21)12-18(20)15-6-4-3-5-7-15/h3-11,14,18H,12-13H2,1-2H3,(H,22,23). The topological polar surface area (TPSA) is 29.1 Å². The van der Waals surface area contributed by atoms with E-state index in [2.05, 4.69) is 5.32 Å². The molecule has 0 aromatic heterocycles. The van der Waals surface area contributed by atoms with Crippen LogP contribution in [0.2, 0.25) is 0 Å². The van der Waals surface area contributed by atoms with Crippen LogP contribution in [0.3, 0.4) is 0 Å². The predicted molar refractivity (Wildman–Crippen MR) is 90.2 cm³/mol. The molecule has 2 unspecified atom stereocenters. The molecule has 3 heteroatoms. The molecule has 1 amide bonds. The molecule has 0 heterocycles. The number of alkyl halides is 1. The van der Waals surface area contributed by atoms with Gasteiger partial charge in [0, 0.05) is 18.0 Å². The second kappa shape index (κ2) is 6.15. The Kier molecular flexibility index (Phi) is 4.20. The molecular weight excluding hydrogens is 289 g/mol. The Labute approximate surface area is 136 Å². The van der Waals surface area contributed by atoms with Crippen molar-refractivity contribution in [2.75, 3.05) is 6.54 Å². The number of hydrogen-bond acceptors (Lipinski definition) is 1. The average molecular weight is 311 g/mol. The molecule has 0 saturated heterocycles. The molecular formula is C20H22FNO. The molecule has 1 aliphatic rings. The maximum atomic E-state index is 15.1. The summed E-state index contributed by atoms with van der Waals surface area (Å²) < 4.78 is 15.1. The van der Waals surface area contributed by atoms with E-state index < -0.39 is 5.67 Å². The highest BCUT2D eigenvalue weighted by Gasteiger charge is 2.57. The quantitative estimate of drug-likeness (QED) is 0.870. The molecule has 3 rings (SSSR count). The van der Waals surface area contributed by atoms with Crippen LogP contribution in [0.25, 0.3) is 0 Å². The highest BCUT2D eigenvalue weighted by molar-refractivity contribution is 5.94. The summed E-state index contributed by atoms with van der Waals surface area (Å²) in [6, 6.07) is 16.7. The maximum absolute atomic E-state index is 15.1. The van der Waals surface area contributed by atoms with Gasteiger partial charge in [0.2, 0.25) is 0 Å². The predicted octanol–water partition coefficient (Wildman–Crippen LogP) is 4.42. The molecule has 1 saturated carbocycles. The minimum atomic E-state index is -1.30. The first kappa shape index (κ1) is 15.7. The van der Waals surface area contributed by atoms with E-state index in [0.29, 0.717) is 30.0 Å². The van der Waals surface area contributed by atoms with Gasteiger partial charge in [-0.1, -0.05) is 56.3 Å². The van der Waals surface area contributed by atoms with Gasteiger partial charge in [0.1, 0.15) is 5.67 Å². The lowest BCUT2D eigenvalue weighted by atomic mass is 10.0. The lowest BCUT2D eigenvalue weighted by Crippen LogP contribution is -2.27. The highest BCUT2D eigenvalue weighted by Crippen LogP contribution is 2.61. The van der Waals surface area contributed by atoms with Gasteiger partial charge in [-0.25, -0.2) is 4.39 Å². The summed E-state index contributed by atoms with van der Waals surface area (Å²) in [6.45, 7) is 4.74. The summed E-state index contributed by atoms with van der Waals surface area (Å²) in [5.74, 6) is 0.225. The summed E-state index contributed by atoms with van der Waals surface area (Å²) in [5, 5.41) is 2.87. The van der Waals surface area contributed by atoms with Gasteiger partial charge < -0.3 is 5.32 Å². The van der Waals surface area contributed by atoms with E-state index in [1.54, 1.807) is 24.3 Å². The van der Waals surface area contributed by atoms with E-state index in [9.17, 15) is 4.79 Å². The third-order valence-electron chi connectivity index (χ3n) is 4.39. The Bertz CT molecular complexity index is 681. The third-order valence-corrected chi connectivity index (χ3v) is 4.39. The van der Waals surface area contributed by atoms with Crippen molar-refractivity contribution < 1.29 is 9.18 Å². The molecule has 0 aliphatic heterocycles. The number of carbonyl (C=O) groups excluding carboxylic acids is 1. The van der Waals surface area contributed by atoms with Crippen molar-refractivity contribution in [3.05, 3.63) is 71.3 Å². The molecule has 1 N–H and O–H groups in total. The summed E-state index contributed by atoms with van der Waals surface area (Å²) in [6.07, 6.45) is 0.510. The van der Waals surface area contributed by atoms with E-state index in [4.69, 9.17) is 0 Å². The van der Waals surface area contributed by atoms with Gasteiger partial charge in [-0.2, -0.15) is 0 Å². The molecule has 1 aliphatic carbocycles. The van der Waals surface area contributed by atoms with Crippen molar-refractivity contribution in [3.63, 3.8) is 0 Å². The summed E-state index contributed by atoms with van der Waals surface area (Å²) >= 11 is 0. The summed E-state index contributed by atoms with van der Waals surface area (Å²) in [4.78, 5) is 12.0. The molecule has 23 heavy (non-hydrogen) atoms. The first-order valence-electron chi connectivity index (χ1n) is 8.13. The molecule has 2 nitrogen and oxygen atoms in total. The van der Waals surface area contributed by atoms with Crippen LogP contribution in [-0.4, -0.2) is 12.5 Å². The van der Waals surface area contributed by atoms with Gasteiger partial charge in [0.15, 0.2) is 0 Å². The largest absolute Gasteiger partial charge is 0.352 e. The molecule has 2 aromatic carbocycles. The Hall–Kier alpha value is -2.16. The minimum absolute atomic E-state index is 0.0793. The van der Waals surface area contributed by atoms with Crippen LogP contribution in [0.4, 0.5) is 4.39 Å². The summed E-state index contributed by atoms with van der Waals surface area (Å²) in [5.41, 5.74) is 0.976. The highest BCUT2D eigenvalue weighted by atomic mass is 19.1. The van der Waals surface area contributed by atoms with E-state index in [1.165, 1.54) is 0 Å². The number of amides is 1. The van der Waals surface area contributed by atoms with Gasteiger partial charge in [-0.15, -0.1) is 0 Å². The SMILES string of the molecule is CC(C)CNC(=O)c1ccc(C2(F)CC2c2ccccc2)cc1. The van der Waals surface area contributed by atoms with Crippen LogP contribution >= 0.6 is 0 Å². The minimum Gasteiger partial charge on any atom is -0.352 e. The molecule has 2 aromatic rings. The molecule has 2 atom stereocenters. The second-order valence-electron chi connectivity index (χ2n) is 6.71. The number of rotatable bonds is 5. The normalized spacial score (nSPS) is 22.9. The van der Waals surface area contributed by atoms with Crippen LogP contribution in [0, 0.1) is 5.92 Å². The fourth-order valence-electron chi connectivity index (χ4n) is 2.92. The zero-order valence-electron chi connectivity index (χ0n) is 13.6. The van der Waals surface area contributed by atoms with Crippen molar-refractivity contribution in [2.45, 2.75) is 31.9 Å². The lowest BCUT2D eigenvalue weighted by Gasteiger charge is -2.11. The fraction of sp³-hybridized carbons (Fsp3) is 0.350. The molecule has 0 spiro atoms. The van der Waals surface area contributed by atoms with Crippen LogP contribution in [-0.2, 0) is 5.67 Å². The zero-order chi connectivity index (χ0) is 16.4. The van der Waals surface area contributed by atoms with Crippen molar-refractivity contribution in [1.29, 1.82) is 0 Å². The molecule has 1 fully saturated rings. The van der Waals surface area contributed by atoms with Gasteiger partial charge in [0.05, 0.1) is 0 Å². The van der Waals surface area contributed by atoms with Gasteiger partial charge in [-0.3, -0.25) is 4.79 Å². The van der Waals surface area contributed by atoms with Crippen molar-refractivity contribution in [2.24, 2.45) is 5.92 Å². The van der Waals surface area contributed by atoms with Gasteiger partial charge >= 0.3 is 0 Å². The van der Waals surface area contributed by atoms with E-state index in [0.717, 1.165) is 5.56 Å². The number of halogens is 1. The van der Waals surface area contributed by atoms with Crippen LogP contribution < -0.4 is 5.32 Å². The second-order valence-corrected chi connectivity index (χ2v) is 6.71. The lowest BCUT2D eigenvalue weighted by molar-refractivity contribution is 0.0949. The summed E-state index contributed by atoms with van der Waals surface area (Å²) in [7, 11) is 0. The van der Waals surface area contributed by atoms with E-state index in [-0.39, 0.29) is 11.8 Å².